The third kappa shape index (κ3) is 3.53. The Labute approximate surface area is 145 Å². The number of carbonyl (C=O) groups is 1. The van der Waals surface area contributed by atoms with Gasteiger partial charge in [0.15, 0.2) is 5.16 Å². The largest absolute Gasteiger partial charge is 0.338 e. The molecular weight excluding hydrogens is 322 g/mol. The molecule has 0 saturated heterocycles. The van der Waals surface area contributed by atoms with Gasteiger partial charge in [-0.3, -0.25) is 9.59 Å². The molecule has 1 N–H and O–H groups in total. The highest BCUT2D eigenvalue weighted by Crippen LogP contribution is 2.19. The lowest BCUT2D eigenvalue weighted by atomic mass is 9.99. The van der Waals surface area contributed by atoms with Crippen molar-refractivity contribution in [3.05, 3.63) is 57.0 Å². The summed E-state index contributed by atoms with van der Waals surface area (Å²) in [6, 6.07) is 8.25. The second-order valence-electron chi connectivity index (χ2n) is 5.97. The lowest BCUT2D eigenvalue weighted by Crippen LogP contribution is -2.36. The van der Waals surface area contributed by atoms with Crippen molar-refractivity contribution in [2.75, 3.05) is 12.8 Å². The molecule has 1 aromatic carbocycles. The lowest BCUT2D eigenvalue weighted by molar-refractivity contribution is -0.132. The van der Waals surface area contributed by atoms with Gasteiger partial charge >= 0.3 is 0 Å². The molecule has 126 valence electrons. The first-order valence-electron chi connectivity index (χ1n) is 8.07. The van der Waals surface area contributed by atoms with E-state index in [-0.39, 0.29) is 11.5 Å². The van der Waals surface area contributed by atoms with Crippen LogP contribution in [0.25, 0.3) is 0 Å². The summed E-state index contributed by atoms with van der Waals surface area (Å²) < 4.78 is 0. The zero-order chi connectivity index (χ0) is 17.1. The normalized spacial score (nSPS) is 13.7. The molecule has 0 saturated carbocycles. The Morgan fingerprint density at radius 3 is 2.79 bits per heavy atom. The summed E-state index contributed by atoms with van der Waals surface area (Å²) in [4.78, 5) is 33.6. The van der Waals surface area contributed by atoms with Gasteiger partial charge in [0.2, 0.25) is 5.91 Å². The van der Waals surface area contributed by atoms with Crippen LogP contribution in [-0.4, -0.2) is 33.6 Å². The van der Waals surface area contributed by atoms with E-state index >= 15 is 0 Å². The molecule has 3 rings (SSSR count). The third-order valence-electron chi connectivity index (χ3n) is 4.47. The standard InChI is InChI=1S/C18H21N3O2S/c1-12-15(17(23)20-18(19-12)24-2)7-8-16(22)21-10-9-13-5-3-4-6-14(13)11-21/h3-6H,7-11H2,1-2H3,(H,19,20,23). The molecule has 2 heterocycles. The molecule has 0 unspecified atom stereocenters. The molecule has 0 radical (unpaired) electrons. The van der Waals surface area contributed by atoms with Crippen molar-refractivity contribution in [1.29, 1.82) is 0 Å². The molecule has 6 heteroatoms. The molecule has 1 amide bonds. The topological polar surface area (TPSA) is 66.1 Å². The number of aromatic nitrogens is 2. The smallest absolute Gasteiger partial charge is 0.254 e. The molecule has 5 nitrogen and oxygen atoms in total. The lowest BCUT2D eigenvalue weighted by Gasteiger charge is -2.29. The van der Waals surface area contributed by atoms with E-state index in [9.17, 15) is 9.59 Å². The predicted molar refractivity (Wildman–Crippen MR) is 95.3 cm³/mol. The molecule has 0 spiro atoms. The second kappa shape index (κ2) is 7.21. The fraction of sp³-hybridized carbons (Fsp3) is 0.389. The summed E-state index contributed by atoms with van der Waals surface area (Å²) in [5.74, 6) is 0.0947. The fourth-order valence-electron chi connectivity index (χ4n) is 3.07. The van der Waals surface area contributed by atoms with Crippen molar-refractivity contribution < 1.29 is 4.79 Å². The number of aromatic amines is 1. The van der Waals surface area contributed by atoms with E-state index in [1.807, 2.05) is 30.2 Å². The maximum Gasteiger partial charge on any atom is 0.254 e. The van der Waals surface area contributed by atoms with Crippen LogP contribution in [0.3, 0.4) is 0 Å². The van der Waals surface area contributed by atoms with Crippen LogP contribution >= 0.6 is 11.8 Å². The summed E-state index contributed by atoms with van der Waals surface area (Å²) in [7, 11) is 0. The quantitative estimate of drug-likeness (QED) is 0.683. The van der Waals surface area contributed by atoms with Crippen LogP contribution < -0.4 is 5.56 Å². The molecule has 0 fully saturated rings. The minimum absolute atomic E-state index is 0.0947. The van der Waals surface area contributed by atoms with Crippen LogP contribution in [0.1, 0.15) is 28.8 Å². The van der Waals surface area contributed by atoms with E-state index in [0.717, 1.165) is 13.0 Å². The molecule has 0 aliphatic carbocycles. The van der Waals surface area contributed by atoms with Crippen LogP contribution in [0.5, 0.6) is 0 Å². The minimum Gasteiger partial charge on any atom is -0.338 e. The van der Waals surface area contributed by atoms with Crippen LogP contribution in [0.2, 0.25) is 0 Å². The molecule has 0 bridgehead atoms. The van der Waals surface area contributed by atoms with Crippen LogP contribution in [0.15, 0.2) is 34.2 Å². The van der Waals surface area contributed by atoms with Crippen molar-refractivity contribution >= 4 is 17.7 Å². The van der Waals surface area contributed by atoms with E-state index < -0.39 is 0 Å². The number of benzene rings is 1. The van der Waals surface area contributed by atoms with E-state index in [1.165, 1.54) is 22.9 Å². The number of nitrogens with one attached hydrogen (secondary N) is 1. The Morgan fingerprint density at radius 1 is 1.33 bits per heavy atom. The van der Waals surface area contributed by atoms with Crippen molar-refractivity contribution in [2.24, 2.45) is 0 Å². The molecule has 2 aromatic rings. The molecule has 1 aliphatic rings. The van der Waals surface area contributed by atoms with E-state index in [0.29, 0.717) is 35.8 Å². The maximum atomic E-state index is 12.5. The zero-order valence-electron chi connectivity index (χ0n) is 14.0. The number of hydrogen-bond donors (Lipinski definition) is 1. The molecule has 1 aliphatic heterocycles. The van der Waals surface area contributed by atoms with E-state index in [1.54, 1.807) is 0 Å². The number of aryl methyl sites for hydroxylation is 1. The van der Waals surface area contributed by atoms with Gasteiger partial charge in [-0.1, -0.05) is 36.0 Å². The van der Waals surface area contributed by atoms with Crippen molar-refractivity contribution in [3.8, 4) is 0 Å². The Bertz CT molecular complexity index is 816. The highest BCUT2D eigenvalue weighted by atomic mass is 32.2. The number of rotatable bonds is 4. The summed E-state index contributed by atoms with van der Waals surface area (Å²) in [5, 5.41) is 0.611. The minimum atomic E-state index is -0.136. The summed E-state index contributed by atoms with van der Waals surface area (Å²) >= 11 is 1.40. The van der Waals surface area contributed by atoms with E-state index in [4.69, 9.17) is 0 Å². The molecule has 24 heavy (non-hydrogen) atoms. The first-order valence-corrected chi connectivity index (χ1v) is 9.29. The van der Waals surface area contributed by atoms with Crippen LogP contribution in [0.4, 0.5) is 0 Å². The first-order chi connectivity index (χ1) is 11.6. The van der Waals surface area contributed by atoms with Gasteiger partial charge in [0.1, 0.15) is 0 Å². The van der Waals surface area contributed by atoms with Gasteiger partial charge < -0.3 is 9.88 Å². The number of carbonyl (C=O) groups excluding carboxylic acids is 1. The molecule has 1 aromatic heterocycles. The predicted octanol–water partition coefficient (Wildman–Crippen LogP) is 2.32. The number of H-pyrrole nitrogens is 1. The first kappa shape index (κ1) is 16.8. The number of fused-ring (bicyclic) bond motifs is 1. The average Bonchev–Trinajstić information content (AvgIpc) is 2.60. The summed E-state index contributed by atoms with van der Waals surface area (Å²) in [6.07, 6.45) is 3.53. The number of thioether (sulfide) groups is 1. The van der Waals surface area contributed by atoms with Crippen molar-refractivity contribution in [3.63, 3.8) is 0 Å². The van der Waals surface area contributed by atoms with Gasteiger partial charge in [-0.25, -0.2) is 4.98 Å². The number of nitrogens with zero attached hydrogens (tertiary/aromatic N) is 2. The van der Waals surface area contributed by atoms with Crippen LogP contribution in [0, 0.1) is 6.92 Å². The highest BCUT2D eigenvalue weighted by Gasteiger charge is 2.20. The van der Waals surface area contributed by atoms with Gasteiger partial charge in [-0.2, -0.15) is 0 Å². The maximum absolute atomic E-state index is 12.5. The van der Waals surface area contributed by atoms with E-state index in [2.05, 4.69) is 22.1 Å². The molecule has 0 atom stereocenters. The summed E-state index contributed by atoms with van der Waals surface area (Å²) in [5.41, 5.74) is 3.73. The average molecular weight is 343 g/mol. The Balaban J connectivity index is 1.66. The van der Waals surface area contributed by atoms with Gasteiger partial charge in [-0.15, -0.1) is 0 Å². The van der Waals surface area contributed by atoms with Gasteiger partial charge in [0, 0.05) is 30.8 Å². The molecular formula is C18H21N3O2S. The Hall–Kier alpha value is -2.08. The highest BCUT2D eigenvalue weighted by molar-refractivity contribution is 7.98. The van der Waals surface area contributed by atoms with Crippen LogP contribution in [-0.2, 0) is 24.2 Å². The van der Waals surface area contributed by atoms with Crippen molar-refractivity contribution in [2.45, 2.75) is 37.9 Å². The Kier molecular flexibility index (Phi) is 5.04. The van der Waals surface area contributed by atoms with Gasteiger partial charge in [0.05, 0.1) is 0 Å². The third-order valence-corrected chi connectivity index (χ3v) is 5.05. The summed E-state index contributed by atoms with van der Waals surface area (Å²) in [6.45, 7) is 3.23. The zero-order valence-corrected chi connectivity index (χ0v) is 14.8. The monoisotopic (exact) mass is 343 g/mol. The number of hydrogen-bond acceptors (Lipinski definition) is 4. The Morgan fingerprint density at radius 2 is 2.08 bits per heavy atom. The van der Waals surface area contributed by atoms with Crippen molar-refractivity contribution in [1.82, 2.24) is 14.9 Å². The second-order valence-corrected chi connectivity index (χ2v) is 6.77. The fourth-order valence-corrected chi connectivity index (χ4v) is 3.50. The van der Waals surface area contributed by atoms with Gasteiger partial charge in [0.25, 0.3) is 5.56 Å². The van der Waals surface area contributed by atoms with Gasteiger partial charge in [-0.05, 0) is 37.1 Å². The SMILES string of the molecule is CSc1nc(C)c(CCC(=O)N2CCc3ccccc3C2)c(=O)[nH]1. The number of amides is 1.